The van der Waals surface area contributed by atoms with Crippen molar-refractivity contribution in [3.63, 3.8) is 0 Å². The third-order valence-corrected chi connectivity index (χ3v) is 10.3. The summed E-state index contributed by atoms with van der Waals surface area (Å²) in [5, 5.41) is 10.0. The minimum Gasteiger partial charge on any atom is -0.616 e. The van der Waals surface area contributed by atoms with Gasteiger partial charge in [-0.05, 0) is 91.9 Å². The Balaban J connectivity index is 1.39. The summed E-state index contributed by atoms with van der Waals surface area (Å²) in [5.41, 5.74) is 2.06. The molecule has 0 aliphatic heterocycles. The highest BCUT2D eigenvalue weighted by atomic mass is 32.2. The molecule has 4 rings (SSSR count). The molecular formula is C26H33F5O3S. The van der Waals surface area contributed by atoms with Crippen LogP contribution in [0.3, 0.4) is 0 Å². The number of Topliss-reactive ketones (excluding diaryl/α,β-unsaturated/α-hetero) is 1. The maximum Gasteiger partial charge on any atom is 0.453 e. The normalized spacial score (nSPS) is 31.6. The molecule has 3 aliphatic rings. The molecule has 3 aliphatic carbocycles. The fourth-order valence-corrected chi connectivity index (χ4v) is 8.20. The summed E-state index contributed by atoms with van der Waals surface area (Å²) < 4.78 is 75.4. The van der Waals surface area contributed by atoms with Crippen LogP contribution in [0.25, 0.3) is 0 Å². The van der Waals surface area contributed by atoms with Crippen LogP contribution < -0.4 is 0 Å². The first-order chi connectivity index (χ1) is 16.3. The summed E-state index contributed by atoms with van der Waals surface area (Å²) in [4.78, 5) is 12.7. The molecule has 0 bridgehead atoms. The molecule has 0 amide bonds. The number of alkyl halides is 5. The molecule has 196 valence electrons. The van der Waals surface area contributed by atoms with Crippen molar-refractivity contribution in [2.24, 2.45) is 23.2 Å². The number of hydrogen-bond acceptors (Lipinski definition) is 3. The molecule has 1 unspecified atom stereocenters. The van der Waals surface area contributed by atoms with Crippen LogP contribution in [0.2, 0.25) is 0 Å². The summed E-state index contributed by atoms with van der Waals surface area (Å²) in [6.07, 6.45) is -2.02. The Labute approximate surface area is 206 Å². The smallest absolute Gasteiger partial charge is 0.453 e. The van der Waals surface area contributed by atoms with E-state index in [1.807, 2.05) is 12.1 Å². The largest absolute Gasteiger partial charge is 0.616 e. The second-order valence-electron chi connectivity index (χ2n) is 10.9. The zero-order chi connectivity index (χ0) is 25.6. The van der Waals surface area contributed by atoms with Gasteiger partial charge >= 0.3 is 12.1 Å². The lowest BCUT2D eigenvalue weighted by molar-refractivity contribution is -0.284. The Morgan fingerprint density at radius 3 is 2.57 bits per heavy atom. The molecule has 3 nitrogen and oxygen atoms in total. The molecule has 35 heavy (non-hydrogen) atoms. The number of fused-ring (bicyclic) bond motifs is 5. The molecule has 0 spiro atoms. The standard InChI is InChI=1S/C26H33F5O3S/c1-24-11-9-20-19-6-5-18(32)15-17(19)14-16(23(20)21(24)7-8-22(24)33)4-2-12-35(34)13-3-10-25(27,28)26(29,30)31/h5-6,15-16,20-21,23,32H,2-4,7-14H2,1H3/t16-,20-,21+,23-,24+,35?/m1/s1. The van der Waals surface area contributed by atoms with E-state index < -0.39 is 36.1 Å². The van der Waals surface area contributed by atoms with Crippen LogP contribution in [0.5, 0.6) is 5.75 Å². The third kappa shape index (κ3) is 5.22. The number of rotatable bonds is 8. The minimum absolute atomic E-state index is 0.172. The van der Waals surface area contributed by atoms with Gasteiger partial charge in [-0.3, -0.25) is 4.79 Å². The maximum atomic E-state index is 13.1. The lowest BCUT2D eigenvalue weighted by atomic mass is 9.52. The molecule has 2 fully saturated rings. The maximum absolute atomic E-state index is 13.1. The first-order valence-corrected chi connectivity index (χ1v) is 14.0. The van der Waals surface area contributed by atoms with Crippen molar-refractivity contribution in [2.75, 3.05) is 11.5 Å². The highest BCUT2D eigenvalue weighted by Crippen LogP contribution is 2.61. The van der Waals surface area contributed by atoms with E-state index in [2.05, 4.69) is 6.92 Å². The predicted octanol–water partition coefficient (Wildman–Crippen LogP) is 6.55. The summed E-state index contributed by atoms with van der Waals surface area (Å²) >= 11 is -1.46. The predicted molar refractivity (Wildman–Crippen MR) is 124 cm³/mol. The van der Waals surface area contributed by atoms with Gasteiger partial charge in [-0.15, -0.1) is 0 Å². The number of aromatic hydroxyl groups is 1. The Hall–Kier alpha value is -1.35. The Bertz CT molecular complexity index is 936. The minimum atomic E-state index is -5.58. The second-order valence-corrected chi connectivity index (χ2v) is 12.5. The molecule has 9 heteroatoms. The van der Waals surface area contributed by atoms with Crippen molar-refractivity contribution in [1.82, 2.24) is 0 Å². The van der Waals surface area contributed by atoms with Gasteiger partial charge in [-0.1, -0.05) is 24.2 Å². The SMILES string of the molecule is C[C@]12CC[C@@H]3c4ccc(O)cc4C[C@@H](CCC[S+]([O-])CCCC(F)(F)C(F)(F)F)[C@H]3[C@@H]1CCC2=O. The van der Waals surface area contributed by atoms with Gasteiger partial charge in [0, 0.05) is 18.3 Å². The van der Waals surface area contributed by atoms with E-state index in [4.69, 9.17) is 0 Å². The van der Waals surface area contributed by atoms with Gasteiger partial charge in [-0.25, -0.2) is 0 Å². The van der Waals surface area contributed by atoms with Crippen molar-refractivity contribution in [3.05, 3.63) is 29.3 Å². The van der Waals surface area contributed by atoms with Crippen molar-refractivity contribution < 1.29 is 36.4 Å². The molecule has 1 aromatic carbocycles. The van der Waals surface area contributed by atoms with Crippen molar-refractivity contribution in [2.45, 2.75) is 82.7 Å². The molecule has 6 atom stereocenters. The molecule has 1 aromatic rings. The van der Waals surface area contributed by atoms with Crippen LogP contribution in [0.15, 0.2) is 18.2 Å². The zero-order valence-electron chi connectivity index (χ0n) is 19.9. The Kier molecular flexibility index (Phi) is 7.51. The van der Waals surface area contributed by atoms with Crippen LogP contribution in [0.1, 0.15) is 75.3 Å². The first-order valence-electron chi connectivity index (χ1n) is 12.5. The fourth-order valence-electron chi connectivity index (χ4n) is 7.04. The second kappa shape index (κ2) is 9.84. The summed E-state index contributed by atoms with van der Waals surface area (Å²) in [6.45, 7) is 2.10. The van der Waals surface area contributed by atoms with Gasteiger partial charge in [0.25, 0.3) is 0 Å². The van der Waals surface area contributed by atoms with Crippen LogP contribution >= 0.6 is 0 Å². The number of hydrogen-bond donors (Lipinski definition) is 1. The molecule has 0 aromatic heterocycles. The van der Waals surface area contributed by atoms with E-state index >= 15 is 0 Å². The van der Waals surface area contributed by atoms with E-state index in [9.17, 15) is 36.4 Å². The van der Waals surface area contributed by atoms with Crippen molar-refractivity contribution >= 4 is 17.0 Å². The molecule has 0 radical (unpaired) electrons. The average Bonchev–Trinajstić information content (AvgIpc) is 3.07. The molecule has 2 saturated carbocycles. The lowest BCUT2D eigenvalue weighted by Gasteiger charge is -2.51. The Morgan fingerprint density at radius 2 is 1.86 bits per heavy atom. The number of ketones is 1. The third-order valence-electron chi connectivity index (χ3n) is 8.82. The molecule has 0 heterocycles. The number of carbonyl (C=O) groups excluding carboxylic acids is 1. The fraction of sp³-hybridized carbons (Fsp3) is 0.731. The summed E-state index contributed by atoms with van der Waals surface area (Å²) in [6, 6.07) is 5.53. The van der Waals surface area contributed by atoms with E-state index in [0.29, 0.717) is 30.5 Å². The first kappa shape index (κ1) is 26.7. The van der Waals surface area contributed by atoms with Crippen LogP contribution in [-0.2, 0) is 22.4 Å². The average molecular weight is 521 g/mol. The molecule has 1 N–H and O–H groups in total. The van der Waals surface area contributed by atoms with Gasteiger partial charge in [0.05, 0.1) is 0 Å². The topological polar surface area (TPSA) is 60.4 Å². The van der Waals surface area contributed by atoms with Gasteiger partial charge in [-0.2, -0.15) is 22.0 Å². The van der Waals surface area contributed by atoms with Crippen LogP contribution in [-0.4, -0.2) is 39.0 Å². The van der Waals surface area contributed by atoms with Gasteiger partial charge in [0.2, 0.25) is 0 Å². The van der Waals surface area contributed by atoms with Gasteiger partial charge in [0.1, 0.15) is 23.0 Å². The quantitative estimate of drug-likeness (QED) is 0.312. The number of halogens is 5. The Morgan fingerprint density at radius 1 is 1.14 bits per heavy atom. The number of benzene rings is 1. The summed E-state index contributed by atoms with van der Waals surface area (Å²) in [5.74, 6) is -2.94. The van der Waals surface area contributed by atoms with E-state index in [1.54, 1.807) is 6.07 Å². The monoisotopic (exact) mass is 520 g/mol. The number of phenols is 1. The van der Waals surface area contributed by atoms with E-state index in [-0.39, 0.29) is 34.5 Å². The molecular weight excluding hydrogens is 487 g/mol. The molecule has 0 saturated heterocycles. The highest BCUT2D eigenvalue weighted by Gasteiger charge is 2.57. The number of carbonyl (C=O) groups is 1. The highest BCUT2D eigenvalue weighted by molar-refractivity contribution is 7.91. The van der Waals surface area contributed by atoms with Gasteiger partial charge < -0.3 is 9.66 Å². The van der Waals surface area contributed by atoms with Gasteiger partial charge in [0.15, 0.2) is 0 Å². The van der Waals surface area contributed by atoms with Crippen LogP contribution in [0, 0.1) is 23.2 Å². The van der Waals surface area contributed by atoms with E-state index in [1.165, 1.54) is 5.56 Å². The zero-order valence-corrected chi connectivity index (χ0v) is 20.7. The van der Waals surface area contributed by atoms with E-state index in [0.717, 1.165) is 37.7 Å². The van der Waals surface area contributed by atoms with Crippen molar-refractivity contribution in [1.29, 1.82) is 0 Å². The van der Waals surface area contributed by atoms with Crippen LogP contribution in [0.4, 0.5) is 22.0 Å². The van der Waals surface area contributed by atoms with Crippen molar-refractivity contribution in [3.8, 4) is 5.75 Å². The number of phenolic OH excluding ortho intramolecular Hbond substituents is 1. The lowest BCUT2D eigenvalue weighted by Crippen LogP contribution is -2.46. The summed E-state index contributed by atoms with van der Waals surface area (Å²) in [7, 11) is 0.